The first-order valence-electron chi connectivity index (χ1n) is 10.3. The number of methoxy groups -OCH3 is 1. The molecule has 1 aliphatic heterocycles. The number of nitrogens with zero attached hydrogens (tertiary/aromatic N) is 4. The monoisotopic (exact) mass is 430 g/mol. The lowest BCUT2D eigenvalue weighted by Gasteiger charge is -2.36. The summed E-state index contributed by atoms with van der Waals surface area (Å²) in [5, 5.41) is 9.91. The van der Waals surface area contributed by atoms with E-state index in [-0.39, 0.29) is 30.2 Å². The lowest BCUT2D eigenvalue weighted by molar-refractivity contribution is -0.157. The first kappa shape index (κ1) is 22.5. The Bertz CT molecular complexity index is 909. The van der Waals surface area contributed by atoms with Crippen LogP contribution in [0.2, 0.25) is 0 Å². The number of aromatic amines is 1. The van der Waals surface area contributed by atoms with Gasteiger partial charge in [0.1, 0.15) is 17.2 Å². The zero-order chi connectivity index (χ0) is 22.6. The second kappa shape index (κ2) is 9.32. The van der Waals surface area contributed by atoms with Crippen LogP contribution in [0, 0.1) is 18.8 Å². The van der Waals surface area contributed by atoms with Crippen molar-refractivity contribution in [1.82, 2.24) is 20.2 Å². The van der Waals surface area contributed by atoms with E-state index in [0.717, 1.165) is 5.69 Å². The van der Waals surface area contributed by atoms with E-state index in [2.05, 4.69) is 25.5 Å². The topological polar surface area (TPSA) is 122 Å². The van der Waals surface area contributed by atoms with Gasteiger partial charge in [-0.25, -0.2) is 4.98 Å². The third kappa shape index (κ3) is 6.40. The summed E-state index contributed by atoms with van der Waals surface area (Å²) in [6.07, 6.45) is 2.41. The highest BCUT2D eigenvalue weighted by atomic mass is 16.6. The molecule has 0 saturated carbocycles. The Hall–Kier alpha value is -3.17. The van der Waals surface area contributed by atoms with Gasteiger partial charge in [-0.1, -0.05) is 0 Å². The molecule has 1 fully saturated rings. The summed E-state index contributed by atoms with van der Waals surface area (Å²) in [6, 6.07) is 3.62. The summed E-state index contributed by atoms with van der Waals surface area (Å²) in [4.78, 5) is 35.8. The molecule has 3 rings (SSSR count). The lowest BCUT2D eigenvalue weighted by atomic mass is 9.87. The van der Waals surface area contributed by atoms with Crippen LogP contribution in [-0.2, 0) is 19.1 Å². The number of H-pyrrole nitrogens is 1. The first-order valence-corrected chi connectivity index (χ1v) is 10.3. The number of carbonyl (C=O) groups is 2. The summed E-state index contributed by atoms with van der Waals surface area (Å²) in [6.45, 7) is 8.35. The first-order chi connectivity index (χ1) is 14.6. The van der Waals surface area contributed by atoms with Crippen molar-refractivity contribution in [3.63, 3.8) is 0 Å². The van der Waals surface area contributed by atoms with Crippen LogP contribution in [0.5, 0.6) is 0 Å². The van der Waals surface area contributed by atoms with E-state index < -0.39 is 5.60 Å². The third-order valence-electron chi connectivity index (χ3n) is 4.84. The van der Waals surface area contributed by atoms with Crippen LogP contribution in [0.1, 0.15) is 39.3 Å². The van der Waals surface area contributed by atoms with Crippen molar-refractivity contribution in [3.05, 3.63) is 24.0 Å². The van der Waals surface area contributed by atoms with Gasteiger partial charge in [-0.3, -0.25) is 14.7 Å². The van der Waals surface area contributed by atoms with E-state index in [0.29, 0.717) is 37.1 Å². The van der Waals surface area contributed by atoms with E-state index in [1.807, 2.05) is 38.7 Å². The normalized spacial score (nSPS) is 19.1. The highest BCUT2D eigenvalue weighted by Gasteiger charge is 2.35. The molecule has 2 aromatic rings. The maximum absolute atomic E-state index is 12.4. The molecule has 1 aliphatic rings. The fourth-order valence-electron chi connectivity index (χ4n) is 3.69. The number of ether oxygens (including phenoxy) is 2. The second-order valence-electron chi connectivity index (χ2n) is 8.81. The number of nitrogens with one attached hydrogen (secondary N) is 2. The molecule has 2 N–H and O–H groups in total. The smallest absolute Gasteiger partial charge is 0.310 e. The van der Waals surface area contributed by atoms with Crippen molar-refractivity contribution < 1.29 is 19.1 Å². The molecule has 10 nitrogen and oxygen atoms in total. The Morgan fingerprint density at radius 3 is 2.71 bits per heavy atom. The number of rotatable bonds is 6. The van der Waals surface area contributed by atoms with Crippen molar-refractivity contribution in [3.8, 4) is 0 Å². The number of anilines is 3. The van der Waals surface area contributed by atoms with Gasteiger partial charge in [0.05, 0.1) is 25.6 Å². The van der Waals surface area contributed by atoms with Gasteiger partial charge in [0.2, 0.25) is 5.95 Å². The highest BCUT2D eigenvalue weighted by molar-refractivity contribution is 5.74. The van der Waals surface area contributed by atoms with Gasteiger partial charge < -0.3 is 19.7 Å². The van der Waals surface area contributed by atoms with Crippen molar-refractivity contribution in [2.45, 2.75) is 46.1 Å². The van der Waals surface area contributed by atoms with Crippen LogP contribution in [0.3, 0.4) is 0 Å². The molecule has 10 heteroatoms. The summed E-state index contributed by atoms with van der Waals surface area (Å²) in [5.74, 6) is 0.760. The number of piperidine rings is 1. The summed E-state index contributed by atoms with van der Waals surface area (Å²) in [5.41, 5.74) is 0.219. The summed E-state index contributed by atoms with van der Waals surface area (Å²) in [7, 11) is 1.37. The molecular formula is C21H30N6O4. The van der Waals surface area contributed by atoms with Gasteiger partial charge in [0.25, 0.3) is 0 Å². The Kier molecular flexibility index (Phi) is 6.77. The second-order valence-corrected chi connectivity index (χ2v) is 8.81. The third-order valence-corrected chi connectivity index (χ3v) is 4.84. The molecule has 3 heterocycles. The van der Waals surface area contributed by atoms with E-state index in [1.54, 1.807) is 12.3 Å². The largest absolute Gasteiger partial charge is 0.469 e. The molecule has 0 bridgehead atoms. The Balaban J connectivity index is 1.80. The van der Waals surface area contributed by atoms with E-state index in [9.17, 15) is 9.59 Å². The number of hydrogen-bond donors (Lipinski definition) is 2. The van der Waals surface area contributed by atoms with Gasteiger partial charge in [0, 0.05) is 30.9 Å². The van der Waals surface area contributed by atoms with Gasteiger partial charge in [0.15, 0.2) is 0 Å². The maximum Gasteiger partial charge on any atom is 0.310 e. The van der Waals surface area contributed by atoms with Crippen molar-refractivity contribution >= 4 is 29.5 Å². The lowest BCUT2D eigenvalue weighted by Crippen LogP contribution is -2.45. The minimum absolute atomic E-state index is 0.0826. The molecule has 0 aromatic carbocycles. The molecule has 31 heavy (non-hydrogen) atoms. The number of hydrogen-bond acceptors (Lipinski definition) is 9. The SMILES string of the molecule is COC(=O)[C@@H]1C[C@H](CC(=O)OC(C)(C)C)CN(c2nc(C)cc(Nc3ccn[nH]3)n2)C1. The predicted octanol–water partition coefficient (Wildman–Crippen LogP) is 2.60. The van der Waals surface area contributed by atoms with E-state index >= 15 is 0 Å². The molecule has 0 spiro atoms. The summed E-state index contributed by atoms with van der Waals surface area (Å²) < 4.78 is 10.5. The predicted molar refractivity (Wildman–Crippen MR) is 115 cm³/mol. The molecule has 2 aromatic heterocycles. The van der Waals surface area contributed by atoms with Crippen LogP contribution >= 0.6 is 0 Å². The van der Waals surface area contributed by atoms with Gasteiger partial charge in [-0.15, -0.1) is 0 Å². The zero-order valence-corrected chi connectivity index (χ0v) is 18.6. The molecule has 0 aliphatic carbocycles. The fraction of sp³-hybridized carbons (Fsp3) is 0.571. The molecule has 0 radical (unpaired) electrons. The number of aryl methyl sites for hydroxylation is 1. The van der Waals surface area contributed by atoms with Gasteiger partial charge >= 0.3 is 11.9 Å². The van der Waals surface area contributed by atoms with Crippen LogP contribution in [0.25, 0.3) is 0 Å². The highest BCUT2D eigenvalue weighted by Crippen LogP contribution is 2.29. The quantitative estimate of drug-likeness (QED) is 0.666. The average Bonchev–Trinajstić information content (AvgIpc) is 3.18. The van der Waals surface area contributed by atoms with Crippen molar-refractivity contribution in [1.29, 1.82) is 0 Å². The van der Waals surface area contributed by atoms with Gasteiger partial charge in [-0.2, -0.15) is 10.1 Å². The van der Waals surface area contributed by atoms with Gasteiger partial charge in [-0.05, 0) is 40.0 Å². The minimum atomic E-state index is -0.555. The molecule has 0 amide bonds. The van der Waals surface area contributed by atoms with Crippen LogP contribution in [0.15, 0.2) is 18.3 Å². The molecule has 1 saturated heterocycles. The Morgan fingerprint density at radius 1 is 1.29 bits per heavy atom. The standard InChI is InChI=1S/C21H30N6O4/c1-13-8-17(24-16-6-7-22-26-16)25-20(23-13)27-11-14(9-15(12-27)19(29)30-5)10-18(28)31-21(2,3)4/h6-8,14-15H,9-12H2,1-5H3,(H2,22,23,24,25,26)/t14-,15-/m1/s1. The van der Waals surface area contributed by atoms with Crippen LogP contribution < -0.4 is 10.2 Å². The molecule has 2 atom stereocenters. The molecular weight excluding hydrogens is 400 g/mol. The van der Waals surface area contributed by atoms with Crippen molar-refractivity contribution in [2.75, 3.05) is 30.4 Å². The van der Waals surface area contributed by atoms with Crippen LogP contribution in [-0.4, -0.2) is 57.9 Å². The number of aromatic nitrogens is 4. The average molecular weight is 431 g/mol. The Morgan fingerprint density at radius 2 is 2.06 bits per heavy atom. The van der Waals surface area contributed by atoms with Crippen LogP contribution in [0.4, 0.5) is 17.6 Å². The molecule has 168 valence electrons. The van der Waals surface area contributed by atoms with E-state index in [1.165, 1.54) is 7.11 Å². The molecule has 0 unspecified atom stereocenters. The zero-order valence-electron chi connectivity index (χ0n) is 18.6. The number of esters is 2. The number of carbonyl (C=O) groups excluding carboxylic acids is 2. The summed E-state index contributed by atoms with van der Waals surface area (Å²) >= 11 is 0. The fourth-order valence-corrected chi connectivity index (χ4v) is 3.69. The Labute approximate surface area is 181 Å². The van der Waals surface area contributed by atoms with Crippen molar-refractivity contribution in [2.24, 2.45) is 11.8 Å². The van der Waals surface area contributed by atoms with E-state index in [4.69, 9.17) is 9.47 Å². The minimum Gasteiger partial charge on any atom is -0.469 e. The maximum atomic E-state index is 12.4.